The fourth-order valence-electron chi connectivity index (χ4n) is 2.68. The van der Waals surface area contributed by atoms with E-state index in [4.69, 9.17) is 10.5 Å². The summed E-state index contributed by atoms with van der Waals surface area (Å²) < 4.78 is 5.11. The van der Waals surface area contributed by atoms with Crippen LogP contribution < -0.4 is 10.5 Å². The molecule has 0 aromatic carbocycles. The maximum Gasteiger partial charge on any atom is 0.215 e. The fourth-order valence-corrected chi connectivity index (χ4v) is 2.68. The average molecular weight is 246 g/mol. The molecule has 1 aliphatic rings. The molecule has 1 aliphatic carbocycles. The van der Waals surface area contributed by atoms with E-state index < -0.39 is 0 Å². The number of H-pyrrole nitrogens is 1. The highest BCUT2D eigenvalue weighted by Crippen LogP contribution is 2.31. The quantitative estimate of drug-likeness (QED) is 0.849. The van der Waals surface area contributed by atoms with Crippen LogP contribution in [0, 0.1) is 0 Å². The number of rotatable bonds is 2. The minimum Gasteiger partial charge on any atom is -0.481 e. The van der Waals surface area contributed by atoms with E-state index in [1.165, 1.54) is 6.42 Å². The van der Waals surface area contributed by atoms with Gasteiger partial charge in [-0.25, -0.2) is 4.98 Å². The molecule has 2 atom stereocenters. The van der Waals surface area contributed by atoms with Gasteiger partial charge in [0, 0.05) is 18.0 Å². The second-order valence-electron chi connectivity index (χ2n) is 4.97. The number of ether oxygens (including phenoxy) is 1. The third-order valence-corrected chi connectivity index (χ3v) is 3.65. The SMILES string of the molecule is COc1ccc2[nH]c(C3CCCC(N)C3)nc2n1. The van der Waals surface area contributed by atoms with Crippen LogP contribution in [-0.2, 0) is 0 Å². The van der Waals surface area contributed by atoms with Gasteiger partial charge in [-0.3, -0.25) is 0 Å². The molecule has 0 saturated heterocycles. The number of aromatic nitrogens is 3. The summed E-state index contributed by atoms with van der Waals surface area (Å²) in [5.74, 6) is 2.05. The molecule has 18 heavy (non-hydrogen) atoms. The summed E-state index contributed by atoms with van der Waals surface area (Å²) in [6.07, 6.45) is 4.48. The number of nitrogens with two attached hydrogens (primary N) is 1. The molecule has 3 rings (SSSR count). The van der Waals surface area contributed by atoms with Gasteiger partial charge in [-0.2, -0.15) is 4.98 Å². The standard InChI is InChI=1S/C13H18N4O/c1-18-11-6-5-10-13(16-11)17-12(15-10)8-3-2-4-9(14)7-8/h5-6,8-9H,2-4,7,14H2,1H3,(H,15,16,17). The van der Waals surface area contributed by atoms with Gasteiger partial charge in [0.25, 0.3) is 0 Å². The van der Waals surface area contributed by atoms with Crippen molar-refractivity contribution in [2.45, 2.75) is 37.6 Å². The van der Waals surface area contributed by atoms with Crippen LogP contribution in [-0.4, -0.2) is 28.1 Å². The number of fused-ring (bicyclic) bond motifs is 1. The molecule has 0 amide bonds. The zero-order valence-electron chi connectivity index (χ0n) is 10.5. The van der Waals surface area contributed by atoms with E-state index in [0.717, 1.165) is 36.3 Å². The van der Waals surface area contributed by atoms with Crippen molar-refractivity contribution < 1.29 is 4.74 Å². The van der Waals surface area contributed by atoms with Crippen molar-refractivity contribution in [1.82, 2.24) is 15.0 Å². The molecule has 1 fully saturated rings. The lowest BCUT2D eigenvalue weighted by molar-refractivity contribution is 0.384. The van der Waals surface area contributed by atoms with Crippen LogP contribution in [0.25, 0.3) is 11.2 Å². The van der Waals surface area contributed by atoms with Crippen molar-refractivity contribution in [3.63, 3.8) is 0 Å². The van der Waals surface area contributed by atoms with Crippen LogP contribution in [0.15, 0.2) is 12.1 Å². The van der Waals surface area contributed by atoms with E-state index in [9.17, 15) is 0 Å². The lowest BCUT2D eigenvalue weighted by Crippen LogP contribution is -2.27. The highest BCUT2D eigenvalue weighted by atomic mass is 16.5. The first-order valence-electron chi connectivity index (χ1n) is 6.42. The van der Waals surface area contributed by atoms with Crippen LogP contribution in [0.2, 0.25) is 0 Å². The summed E-state index contributed by atoms with van der Waals surface area (Å²) >= 11 is 0. The number of hydrogen-bond donors (Lipinski definition) is 2. The number of methoxy groups -OCH3 is 1. The van der Waals surface area contributed by atoms with Crippen LogP contribution in [0.4, 0.5) is 0 Å². The molecule has 0 radical (unpaired) electrons. The average Bonchev–Trinajstić information content (AvgIpc) is 2.81. The lowest BCUT2D eigenvalue weighted by Gasteiger charge is -2.24. The maximum absolute atomic E-state index is 6.03. The van der Waals surface area contributed by atoms with Gasteiger partial charge < -0.3 is 15.5 Å². The molecule has 1 saturated carbocycles. The third kappa shape index (κ3) is 2.06. The summed E-state index contributed by atoms with van der Waals surface area (Å²) in [6, 6.07) is 4.11. The number of nitrogens with zero attached hydrogens (tertiary/aromatic N) is 2. The number of imidazole rings is 1. The van der Waals surface area contributed by atoms with Crippen molar-refractivity contribution in [3.05, 3.63) is 18.0 Å². The molecular weight excluding hydrogens is 228 g/mol. The van der Waals surface area contributed by atoms with E-state index in [0.29, 0.717) is 17.8 Å². The van der Waals surface area contributed by atoms with E-state index in [1.54, 1.807) is 7.11 Å². The van der Waals surface area contributed by atoms with Gasteiger partial charge in [-0.05, 0) is 25.3 Å². The van der Waals surface area contributed by atoms with Gasteiger partial charge in [0.05, 0.1) is 12.6 Å². The van der Waals surface area contributed by atoms with Gasteiger partial charge in [0.15, 0.2) is 5.65 Å². The summed E-state index contributed by atoms with van der Waals surface area (Å²) in [4.78, 5) is 12.3. The van der Waals surface area contributed by atoms with Gasteiger partial charge in [-0.15, -0.1) is 0 Å². The van der Waals surface area contributed by atoms with Crippen LogP contribution in [0.1, 0.15) is 37.4 Å². The number of hydrogen-bond acceptors (Lipinski definition) is 4. The second kappa shape index (κ2) is 4.57. The molecule has 0 aliphatic heterocycles. The van der Waals surface area contributed by atoms with E-state index in [-0.39, 0.29) is 0 Å². The summed E-state index contributed by atoms with van der Waals surface area (Å²) in [5.41, 5.74) is 7.71. The second-order valence-corrected chi connectivity index (χ2v) is 4.97. The summed E-state index contributed by atoms with van der Waals surface area (Å²) in [5, 5.41) is 0. The Morgan fingerprint density at radius 3 is 3.00 bits per heavy atom. The van der Waals surface area contributed by atoms with Gasteiger partial charge in [0.2, 0.25) is 5.88 Å². The molecule has 2 aromatic heterocycles. The zero-order chi connectivity index (χ0) is 12.5. The Bertz CT molecular complexity index is 551. The Kier molecular flexibility index (Phi) is 2.91. The van der Waals surface area contributed by atoms with Gasteiger partial charge in [0.1, 0.15) is 5.82 Å². The Labute approximate surface area is 106 Å². The summed E-state index contributed by atoms with van der Waals surface area (Å²) in [6.45, 7) is 0. The molecule has 2 unspecified atom stereocenters. The molecule has 0 spiro atoms. The Morgan fingerprint density at radius 2 is 2.22 bits per heavy atom. The van der Waals surface area contributed by atoms with Crippen LogP contribution >= 0.6 is 0 Å². The maximum atomic E-state index is 6.03. The molecular formula is C13H18N4O. The van der Waals surface area contributed by atoms with Gasteiger partial charge in [-0.1, -0.05) is 6.42 Å². The fraction of sp³-hybridized carbons (Fsp3) is 0.538. The Hall–Kier alpha value is -1.62. The third-order valence-electron chi connectivity index (χ3n) is 3.65. The summed E-state index contributed by atoms with van der Waals surface area (Å²) in [7, 11) is 1.61. The number of nitrogens with one attached hydrogen (secondary N) is 1. The first-order chi connectivity index (χ1) is 8.76. The molecule has 5 nitrogen and oxygen atoms in total. The van der Waals surface area contributed by atoms with Crippen molar-refractivity contribution in [1.29, 1.82) is 0 Å². The highest BCUT2D eigenvalue weighted by molar-refractivity contribution is 5.71. The smallest absolute Gasteiger partial charge is 0.215 e. The predicted molar refractivity (Wildman–Crippen MR) is 69.6 cm³/mol. The van der Waals surface area contributed by atoms with Crippen molar-refractivity contribution in [2.24, 2.45) is 5.73 Å². The molecule has 0 bridgehead atoms. The van der Waals surface area contributed by atoms with Crippen LogP contribution in [0.3, 0.4) is 0 Å². The van der Waals surface area contributed by atoms with Crippen molar-refractivity contribution in [2.75, 3.05) is 7.11 Å². The number of pyridine rings is 1. The first kappa shape index (κ1) is 11.5. The minimum atomic E-state index is 0.305. The molecule has 96 valence electrons. The highest BCUT2D eigenvalue weighted by Gasteiger charge is 2.23. The zero-order valence-corrected chi connectivity index (χ0v) is 10.5. The normalized spacial score (nSPS) is 24.3. The van der Waals surface area contributed by atoms with E-state index >= 15 is 0 Å². The van der Waals surface area contributed by atoms with E-state index in [1.807, 2.05) is 12.1 Å². The number of aromatic amines is 1. The molecule has 5 heteroatoms. The van der Waals surface area contributed by atoms with Crippen molar-refractivity contribution in [3.8, 4) is 5.88 Å². The lowest BCUT2D eigenvalue weighted by atomic mass is 9.86. The first-order valence-corrected chi connectivity index (χ1v) is 6.42. The predicted octanol–water partition coefficient (Wildman–Crippen LogP) is 1.95. The molecule has 2 heterocycles. The Morgan fingerprint density at radius 1 is 1.33 bits per heavy atom. The van der Waals surface area contributed by atoms with Crippen molar-refractivity contribution >= 4 is 11.2 Å². The monoisotopic (exact) mass is 246 g/mol. The minimum absolute atomic E-state index is 0.305. The van der Waals surface area contributed by atoms with Crippen LogP contribution in [0.5, 0.6) is 5.88 Å². The largest absolute Gasteiger partial charge is 0.481 e. The van der Waals surface area contributed by atoms with E-state index in [2.05, 4.69) is 15.0 Å². The Balaban J connectivity index is 1.92. The molecule has 3 N–H and O–H groups in total. The molecule has 2 aromatic rings. The topological polar surface area (TPSA) is 76.8 Å². The van der Waals surface area contributed by atoms with Gasteiger partial charge >= 0.3 is 0 Å².